The lowest BCUT2D eigenvalue weighted by Gasteiger charge is -2.22. The Labute approximate surface area is 154 Å². The summed E-state index contributed by atoms with van der Waals surface area (Å²) in [5.74, 6) is -0.0352. The van der Waals surface area contributed by atoms with Crippen LogP contribution in [0.3, 0.4) is 0 Å². The van der Waals surface area contributed by atoms with Gasteiger partial charge in [0.05, 0.1) is 17.7 Å². The molecule has 26 heavy (non-hydrogen) atoms. The lowest BCUT2D eigenvalue weighted by atomic mass is 9.88. The number of carbonyl (C=O) groups is 2. The summed E-state index contributed by atoms with van der Waals surface area (Å²) in [4.78, 5) is 29.1. The molecule has 0 aliphatic heterocycles. The van der Waals surface area contributed by atoms with Crippen molar-refractivity contribution in [1.82, 2.24) is 9.55 Å². The zero-order valence-corrected chi connectivity index (χ0v) is 15.4. The Balaban J connectivity index is 1.73. The molecule has 0 bridgehead atoms. The maximum absolute atomic E-state index is 12.6. The van der Waals surface area contributed by atoms with Crippen LogP contribution in [0.25, 0.3) is 0 Å². The van der Waals surface area contributed by atoms with Crippen LogP contribution in [-0.2, 0) is 9.59 Å². The van der Waals surface area contributed by atoms with Gasteiger partial charge >= 0.3 is 0 Å². The van der Waals surface area contributed by atoms with Crippen molar-refractivity contribution in [2.45, 2.75) is 52.0 Å². The van der Waals surface area contributed by atoms with Gasteiger partial charge in [-0.25, -0.2) is 4.98 Å². The Morgan fingerprint density at radius 1 is 1.15 bits per heavy atom. The normalized spacial score (nSPS) is 16.1. The number of hydrogen-bond acceptors (Lipinski definition) is 3. The summed E-state index contributed by atoms with van der Waals surface area (Å²) in [5.41, 5.74) is 2.30. The van der Waals surface area contributed by atoms with Gasteiger partial charge < -0.3 is 15.2 Å². The molecule has 138 valence electrons. The van der Waals surface area contributed by atoms with Crippen molar-refractivity contribution in [2.24, 2.45) is 5.92 Å². The summed E-state index contributed by atoms with van der Waals surface area (Å²) in [6, 6.07) is 5.29. The molecule has 6 heteroatoms. The molecule has 0 spiro atoms. The van der Waals surface area contributed by atoms with E-state index in [4.69, 9.17) is 0 Å². The van der Waals surface area contributed by atoms with E-state index in [1.54, 1.807) is 23.3 Å². The summed E-state index contributed by atoms with van der Waals surface area (Å²) in [6.45, 7) is 3.77. The van der Waals surface area contributed by atoms with Crippen LogP contribution in [0.5, 0.6) is 0 Å². The minimum atomic E-state index is -0.389. The first-order valence-electron chi connectivity index (χ1n) is 9.24. The Morgan fingerprint density at radius 3 is 2.62 bits per heavy atom. The number of amides is 2. The highest BCUT2D eigenvalue weighted by Crippen LogP contribution is 2.28. The number of aryl methyl sites for hydroxylation is 1. The minimum absolute atomic E-state index is 0.0479. The smallest absolute Gasteiger partial charge is 0.247 e. The number of aromatic nitrogens is 2. The van der Waals surface area contributed by atoms with Crippen LogP contribution < -0.4 is 10.6 Å². The molecule has 0 saturated heterocycles. The van der Waals surface area contributed by atoms with Gasteiger partial charge in [0, 0.05) is 18.3 Å². The molecule has 1 aromatic heterocycles. The van der Waals surface area contributed by atoms with Gasteiger partial charge in [0.15, 0.2) is 0 Å². The van der Waals surface area contributed by atoms with Gasteiger partial charge in [-0.1, -0.05) is 25.3 Å². The van der Waals surface area contributed by atoms with Crippen LogP contribution in [0, 0.1) is 12.8 Å². The first-order valence-corrected chi connectivity index (χ1v) is 9.24. The maximum Gasteiger partial charge on any atom is 0.247 e. The van der Waals surface area contributed by atoms with Crippen molar-refractivity contribution in [3.8, 4) is 0 Å². The fraction of sp³-hybridized carbons (Fsp3) is 0.450. The number of imidazole rings is 1. The van der Waals surface area contributed by atoms with E-state index in [-0.39, 0.29) is 23.8 Å². The third kappa shape index (κ3) is 4.31. The van der Waals surface area contributed by atoms with Gasteiger partial charge in [0.25, 0.3) is 0 Å². The Morgan fingerprint density at radius 2 is 1.92 bits per heavy atom. The monoisotopic (exact) mass is 354 g/mol. The highest BCUT2D eigenvalue weighted by Gasteiger charge is 2.22. The van der Waals surface area contributed by atoms with Crippen molar-refractivity contribution < 1.29 is 9.59 Å². The molecule has 2 N–H and O–H groups in total. The van der Waals surface area contributed by atoms with Crippen LogP contribution in [0.4, 0.5) is 11.4 Å². The van der Waals surface area contributed by atoms with Gasteiger partial charge in [-0.05, 0) is 44.4 Å². The summed E-state index contributed by atoms with van der Waals surface area (Å²) >= 11 is 0. The standard InChI is InChI=1S/C20H26N4O2/c1-14-8-9-17(22-20(26)16-6-4-3-5-7-16)18(12-14)23-19(25)15(2)24-11-10-21-13-24/h8-13,15-16H,3-7H2,1-2H3,(H,22,26)(H,23,25)/t15-/m0/s1. The average molecular weight is 354 g/mol. The number of hydrogen-bond donors (Lipinski definition) is 2. The molecule has 1 aromatic carbocycles. The summed E-state index contributed by atoms with van der Waals surface area (Å²) in [7, 11) is 0. The largest absolute Gasteiger partial charge is 0.325 e. The second kappa shape index (κ2) is 8.17. The zero-order chi connectivity index (χ0) is 18.5. The molecule has 1 saturated carbocycles. The molecule has 1 aliphatic carbocycles. The zero-order valence-electron chi connectivity index (χ0n) is 15.4. The third-order valence-electron chi connectivity index (χ3n) is 5.02. The second-order valence-electron chi connectivity index (χ2n) is 7.05. The number of nitrogens with one attached hydrogen (secondary N) is 2. The second-order valence-corrected chi connectivity index (χ2v) is 7.05. The van der Waals surface area contributed by atoms with Gasteiger partial charge in [-0.2, -0.15) is 0 Å². The first kappa shape index (κ1) is 18.2. The van der Waals surface area contributed by atoms with E-state index in [0.717, 1.165) is 31.2 Å². The molecule has 1 heterocycles. The predicted molar refractivity (Wildman–Crippen MR) is 102 cm³/mol. The molecule has 6 nitrogen and oxygen atoms in total. The van der Waals surface area contributed by atoms with E-state index >= 15 is 0 Å². The highest BCUT2D eigenvalue weighted by atomic mass is 16.2. The van der Waals surface area contributed by atoms with E-state index in [2.05, 4.69) is 15.6 Å². The summed E-state index contributed by atoms with van der Waals surface area (Å²) in [6.07, 6.45) is 10.3. The topological polar surface area (TPSA) is 76.0 Å². The minimum Gasteiger partial charge on any atom is -0.325 e. The molecule has 1 fully saturated rings. The fourth-order valence-corrected chi connectivity index (χ4v) is 3.34. The summed E-state index contributed by atoms with van der Waals surface area (Å²) in [5, 5.41) is 5.96. The van der Waals surface area contributed by atoms with E-state index < -0.39 is 0 Å². The van der Waals surface area contributed by atoms with Crippen LogP contribution >= 0.6 is 0 Å². The molecule has 0 unspecified atom stereocenters. The van der Waals surface area contributed by atoms with Crippen molar-refractivity contribution in [3.63, 3.8) is 0 Å². The van der Waals surface area contributed by atoms with Gasteiger partial charge in [-0.15, -0.1) is 0 Å². The Hall–Kier alpha value is -2.63. The molecule has 3 rings (SSSR count). The van der Waals surface area contributed by atoms with Gasteiger partial charge in [0.1, 0.15) is 6.04 Å². The quantitative estimate of drug-likeness (QED) is 0.855. The summed E-state index contributed by atoms with van der Waals surface area (Å²) < 4.78 is 1.74. The number of rotatable bonds is 5. The first-order chi connectivity index (χ1) is 12.5. The van der Waals surface area contributed by atoms with E-state index in [1.165, 1.54) is 6.42 Å². The van der Waals surface area contributed by atoms with E-state index in [0.29, 0.717) is 11.4 Å². The third-order valence-corrected chi connectivity index (χ3v) is 5.02. The van der Waals surface area contributed by atoms with Crippen LogP contribution in [0.2, 0.25) is 0 Å². The number of carbonyl (C=O) groups excluding carboxylic acids is 2. The maximum atomic E-state index is 12.6. The van der Waals surface area contributed by atoms with E-state index in [1.807, 2.05) is 32.0 Å². The molecule has 1 aliphatic rings. The average Bonchev–Trinajstić information content (AvgIpc) is 3.18. The van der Waals surface area contributed by atoms with E-state index in [9.17, 15) is 9.59 Å². The van der Waals surface area contributed by atoms with Crippen molar-refractivity contribution in [2.75, 3.05) is 10.6 Å². The fourth-order valence-electron chi connectivity index (χ4n) is 3.34. The highest BCUT2D eigenvalue weighted by molar-refractivity contribution is 6.01. The lowest BCUT2D eigenvalue weighted by Crippen LogP contribution is -2.27. The number of nitrogens with zero attached hydrogens (tertiary/aromatic N) is 2. The molecular weight excluding hydrogens is 328 g/mol. The molecule has 2 amide bonds. The SMILES string of the molecule is Cc1ccc(NC(=O)C2CCCCC2)c(NC(=O)[C@H](C)n2ccnc2)c1. The lowest BCUT2D eigenvalue weighted by molar-refractivity contribution is -0.121. The van der Waals surface area contributed by atoms with Crippen molar-refractivity contribution in [3.05, 3.63) is 42.5 Å². The van der Waals surface area contributed by atoms with Crippen LogP contribution in [-0.4, -0.2) is 21.4 Å². The van der Waals surface area contributed by atoms with Crippen molar-refractivity contribution in [1.29, 1.82) is 0 Å². The van der Waals surface area contributed by atoms with Crippen LogP contribution in [0.1, 0.15) is 50.6 Å². The molecular formula is C20H26N4O2. The molecule has 0 radical (unpaired) electrons. The molecule has 1 atom stereocenters. The Kier molecular flexibility index (Phi) is 5.71. The van der Waals surface area contributed by atoms with Gasteiger partial charge in [0.2, 0.25) is 11.8 Å². The number of benzene rings is 1. The van der Waals surface area contributed by atoms with Crippen molar-refractivity contribution >= 4 is 23.2 Å². The molecule has 2 aromatic rings. The predicted octanol–water partition coefficient (Wildman–Crippen LogP) is 3.91. The van der Waals surface area contributed by atoms with Crippen LogP contribution in [0.15, 0.2) is 36.9 Å². The number of anilines is 2. The van der Waals surface area contributed by atoms with Gasteiger partial charge in [-0.3, -0.25) is 9.59 Å². The Bertz CT molecular complexity index is 764.